The summed E-state index contributed by atoms with van der Waals surface area (Å²) in [5.41, 5.74) is 1.07. The highest BCUT2D eigenvalue weighted by molar-refractivity contribution is 6.03. The Labute approximate surface area is 114 Å². The number of amides is 1. The van der Waals surface area contributed by atoms with Gasteiger partial charge < -0.3 is 4.42 Å². The molecule has 0 saturated carbocycles. The van der Waals surface area contributed by atoms with Crippen LogP contribution in [0.3, 0.4) is 0 Å². The van der Waals surface area contributed by atoms with Crippen LogP contribution in [0.1, 0.15) is 10.4 Å². The van der Waals surface area contributed by atoms with Crippen molar-refractivity contribution in [1.82, 2.24) is 15.2 Å². The van der Waals surface area contributed by atoms with E-state index in [1.54, 1.807) is 42.6 Å². The van der Waals surface area contributed by atoms with Crippen molar-refractivity contribution in [2.75, 3.05) is 5.32 Å². The predicted molar refractivity (Wildman–Crippen MR) is 71.9 cm³/mol. The Morgan fingerprint density at radius 2 is 1.80 bits per heavy atom. The van der Waals surface area contributed by atoms with Crippen LogP contribution >= 0.6 is 0 Å². The average molecular weight is 266 g/mol. The fraction of sp³-hybridized carbons (Fsp3) is 0. The number of anilines is 1. The Balaban J connectivity index is 1.77. The van der Waals surface area contributed by atoms with E-state index in [1.165, 1.54) is 0 Å². The lowest BCUT2D eigenvalue weighted by atomic mass is 10.2. The lowest BCUT2D eigenvalue weighted by Gasteiger charge is -1.99. The predicted octanol–water partition coefficient (Wildman–Crippen LogP) is 2.38. The molecule has 0 aliphatic rings. The number of hydrogen-bond donors (Lipinski definition) is 1. The van der Waals surface area contributed by atoms with E-state index in [4.69, 9.17) is 4.42 Å². The molecule has 0 aliphatic carbocycles. The number of pyridine rings is 1. The first-order valence-corrected chi connectivity index (χ1v) is 5.94. The van der Waals surface area contributed by atoms with Crippen molar-refractivity contribution in [2.24, 2.45) is 0 Å². The number of carbonyl (C=O) groups excluding carboxylic acids is 1. The van der Waals surface area contributed by atoms with E-state index in [2.05, 4.69) is 20.5 Å². The second kappa shape index (κ2) is 5.31. The van der Waals surface area contributed by atoms with Crippen molar-refractivity contribution < 1.29 is 9.21 Å². The zero-order chi connectivity index (χ0) is 13.8. The van der Waals surface area contributed by atoms with Crippen molar-refractivity contribution in [2.45, 2.75) is 0 Å². The topological polar surface area (TPSA) is 80.9 Å². The summed E-state index contributed by atoms with van der Waals surface area (Å²) in [6.45, 7) is 0. The standard InChI is InChI=1S/C14H10N4O2/c19-12(10-6-2-1-3-7-10)16-14-18-17-13(20-14)11-8-4-5-9-15-11/h1-9H,(H,16,18,19). The van der Waals surface area contributed by atoms with Gasteiger partial charge in [0.25, 0.3) is 11.8 Å². The lowest BCUT2D eigenvalue weighted by Crippen LogP contribution is -2.11. The van der Waals surface area contributed by atoms with Crippen molar-refractivity contribution in [3.63, 3.8) is 0 Å². The Hall–Kier alpha value is -3.02. The maximum atomic E-state index is 11.9. The molecule has 6 nitrogen and oxygen atoms in total. The highest BCUT2D eigenvalue weighted by Gasteiger charge is 2.12. The van der Waals surface area contributed by atoms with Gasteiger partial charge in [0.2, 0.25) is 0 Å². The van der Waals surface area contributed by atoms with Crippen LogP contribution in [0.4, 0.5) is 6.01 Å². The average Bonchev–Trinajstić information content (AvgIpc) is 2.97. The van der Waals surface area contributed by atoms with Crippen molar-refractivity contribution in [1.29, 1.82) is 0 Å². The molecule has 98 valence electrons. The Bertz CT molecular complexity index is 710. The van der Waals surface area contributed by atoms with Crippen LogP contribution in [0.5, 0.6) is 0 Å². The fourth-order valence-corrected chi connectivity index (χ4v) is 1.63. The number of carbonyl (C=O) groups is 1. The van der Waals surface area contributed by atoms with Crippen LogP contribution < -0.4 is 5.32 Å². The molecule has 0 aliphatic heterocycles. The minimum Gasteiger partial charge on any atom is -0.401 e. The molecule has 0 spiro atoms. The number of hydrogen-bond acceptors (Lipinski definition) is 5. The third-order valence-corrected chi connectivity index (χ3v) is 2.57. The molecule has 1 N–H and O–H groups in total. The maximum Gasteiger partial charge on any atom is 0.322 e. The first-order chi connectivity index (χ1) is 9.83. The van der Waals surface area contributed by atoms with E-state index in [0.717, 1.165) is 0 Å². The number of nitrogens with one attached hydrogen (secondary N) is 1. The molecule has 0 bridgehead atoms. The SMILES string of the molecule is O=C(Nc1nnc(-c2ccccn2)o1)c1ccccc1. The van der Waals surface area contributed by atoms with Crippen molar-refractivity contribution in [3.8, 4) is 11.6 Å². The second-order valence-corrected chi connectivity index (χ2v) is 3.95. The van der Waals surface area contributed by atoms with Gasteiger partial charge in [0, 0.05) is 11.8 Å². The lowest BCUT2D eigenvalue weighted by molar-refractivity contribution is 0.102. The molecule has 2 heterocycles. The molecule has 1 aromatic carbocycles. The van der Waals surface area contributed by atoms with Gasteiger partial charge in [0.05, 0.1) is 0 Å². The normalized spacial score (nSPS) is 10.2. The summed E-state index contributed by atoms with van der Waals surface area (Å²) >= 11 is 0. The minimum absolute atomic E-state index is 0.0412. The van der Waals surface area contributed by atoms with E-state index in [0.29, 0.717) is 11.3 Å². The summed E-state index contributed by atoms with van der Waals surface area (Å²) in [5, 5.41) is 10.2. The Morgan fingerprint density at radius 1 is 1.00 bits per heavy atom. The zero-order valence-corrected chi connectivity index (χ0v) is 10.4. The Kier molecular flexibility index (Phi) is 3.20. The second-order valence-electron chi connectivity index (χ2n) is 3.95. The van der Waals surface area contributed by atoms with Gasteiger partial charge >= 0.3 is 6.01 Å². The van der Waals surface area contributed by atoms with Crippen LogP contribution in [-0.2, 0) is 0 Å². The largest absolute Gasteiger partial charge is 0.401 e. The first kappa shape index (κ1) is 12.0. The van der Waals surface area contributed by atoms with Crippen LogP contribution in [0.2, 0.25) is 0 Å². The molecule has 2 aromatic heterocycles. The van der Waals surface area contributed by atoms with Crippen LogP contribution in [0.15, 0.2) is 59.1 Å². The van der Waals surface area contributed by atoms with Gasteiger partial charge in [-0.2, -0.15) is 0 Å². The van der Waals surface area contributed by atoms with Gasteiger partial charge in [-0.1, -0.05) is 29.4 Å². The van der Waals surface area contributed by atoms with E-state index in [9.17, 15) is 4.79 Å². The molecular weight excluding hydrogens is 256 g/mol. The van der Waals surface area contributed by atoms with E-state index < -0.39 is 0 Å². The summed E-state index contributed by atoms with van der Waals surface area (Å²) < 4.78 is 5.35. The monoisotopic (exact) mass is 266 g/mol. The molecule has 3 aromatic rings. The number of benzene rings is 1. The van der Waals surface area contributed by atoms with E-state index in [1.807, 2.05) is 12.1 Å². The quantitative estimate of drug-likeness (QED) is 0.787. The van der Waals surface area contributed by atoms with Crippen molar-refractivity contribution >= 4 is 11.9 Å². The van der Waals surface area contributed by atoms with Gasteiger partial charge in [-0.3, -0.25) is 15.1 Å². The van der Waals surface area contributed by atoms with E-state index >= 15 is 0 Å². The smallest absolute Gasteiger partial charge is 0.322 e. The molecule has 0 radical (unpaired) electrons. The third-order valence-electron chi connectivity index (χ3n) is 2.57. The number of nitrogens with zero attached hydrogens (tertiary/aromatic N) is 3. The van der Waals surface area contributed by atoms with Crippen LogP contribution in [0, 0.1) is 0 Å². The van der Waals surface area contributed by atoms with Crippen LogP contribution in [-0.4, -0.2) is 21.1 Å². The molecule has 20 heavy (non-hydrogen) atoms. The molecule has 0 saturated heterocycles. The van der Waals surface area contributed by atoms with Gasteiger partial charge in [0.1, 0.15) is 5.69 Å². The molecule has 0 atom stereocenters. The number of aromatic nitrogens is 3. The molecule has 0 unspecified atom stereocenters. The third kappa shape index (κ3) is 2.54. The summed E-state index contributed by atoms with van der Waals surface area (Å²) in [5.74, 6) is -0.0456. The molecule has 6 heteroatoms. The molecule has 3 rings (SSSR count). The van der Waals surface area contributed by atoms with Gasteiger partial charge in [0.15, 0.2) is 0 Å². The maximum absolute atomic E-state index is 11.9. The van der Waals surface area contributed by atoms with Crippen molar-refractivity contribution in [3.05, 3.63) is 60.3 Å². The van der Waals surface area contributed by atoms with Crippen LogP contribution in [0.25, 0.3) is 11.6 Å². The van der Waals surface area contributed by atoms with Gasteiger partial charge in [-0.15, -0.1) is 5.10 Å². The van der Waals surface area contributed by atoms with Gasteiger partial charge in [-0.05, 0) is 24.3 Å². The summed E-state index contributed by atoms with van der Waals surface area (Å²) in [6, 6.07) is 14.2. The Morgan fingerprint density at radius 3 is 2.55 bits per heavy atom. The summed E-state index contributed by atoms with van der Waals surface area (Å²) in [7, 11) is 0. The molecule has 0 fully saturated rings. The highest BCUT2D eigenvalue weighted by atomic mass is 16.4. The number of rotatable bonds is 3. The zero-order valence-electron chi connectivity index (χ0n) is 10.4. The first-order valence-electron chi connectivity index (χ1n) is 5.94. The molecular formula is C14H10N4O2. The fourth-order valence-electron chi connectivity index (χ4n) is 1.63. The van der Waals surface area contributed by atoms with Gasteiger partial charge in [-0.25, -0.2) is 0 Å². The minimum atomic E-state index is -0.304. The summed E-state index contributed by atoms with van der Waals surface area (Å²) in [4.78, 5) is 16.0. The highest BCUT2D eigenvalue weighted by Crippen LogP contribution is 2.17. The molecule has 1 amide bonds. The van der Waals surface area contributed by atoms with E-state index in [-0.39, 0.29) is 17.8 Å². The summed E-state index contributed by atoms with van der Waals surface area (Å²) in [6.07, 6.45) is 1.63.